The molecule has 0 saturated carbocycles. The lowest BCUT2D eigenvalue weighted by molar-refractivity contribution is 0.515. The Kier molecular flexibility index (Phi) is 5.36. The van der Waals surface area contributed by atoms with Crippen molar-refractivity contribution in [2.24, 2.45) is 0 Å². The van der Waals surface area contributed by atoms with Crippen molar-refractivity contribution in [3.05, 3.63) is 108 Å². The number of hydrogen-bond donors (Lipinski definition) is 2. The molecule has 4 nitrogen and oxygen atoms in total. The van der Waals surface area contributed by atoms with Crippen LogP contribution in [0.25, 0.3) is 11.4 Å². The Hall–Kier alpha value is -3.24. The Bertz CT molecular complexity index is 949. The molecule has 0 unspecified atom stereocenters. The molecule has 4 aromatic rings. The van der Waals surface area contributed by atoms with Gasteiger partial charge in [0.2, 0.25) is 0 Å². The summed E-state index contributed by atoms with van der Waals surface area (Å²) < 4.78 is 0. The number of pyridine rings is 1. The van der Waals surface area contributed by atoms with Gasteiger partial charge >= 0.3 is 0 Å². The third-order valence-electron chi connectivity index (χ3n) is 4.56. The largest absolute Gasteiger partial charge is 0.341 e. The van der Waals surface area contributed by atoms with Crippen molar-refractivity contribution in [1.82, 2.24) is 20.3 Å². The average Bonchev–Trinajstić information content (AvgIpc) is 3.23. The maximum atomic E-state index is 4.59. The minimum atomic E-state index is 0.124. The second kappa shape index (κ2) is 8.43. The van der Waals surface area contributed by atoms with Gasteiger partial charge in [-0.1, -0.05) is 66.7 Å². The zero-order valence-electron chi connectivity index (χ0n) is 15.0. The molecule has 2 heterocycles. The molecule has 134 valence electrons. The summed E-state index contributed by atoms with van der Waals surface area (Å²) in [6.07, 6.45) is 4.64. The molecule has 0 radical (unpaired) electrons. The molecular weight excluding hydrogens is 332 g/mol. The predicted octanol–water partition coefficient (Wildman–Crippen LogP) is 4.55. The van der Waals surface area contributed by atoms with Crippen molar-refractivity contribution in [2.45, 2.75) is 19.0 Å². The molecule has 0 aliphatic heterocycles. The zero-order valence-corrected chi connectivity index (χ0v) is 15.0. The zero-order chi connectivity index (χ0) is 18.3. The van der Waals surface area contributed by atoms with Crippen LogP contribution >= 0.6 is 0 Å². The number of benzene rings is 2. The molecular formula is C23H22N4. The third-order valence-corrected chi connectivity index (χ3v) is 4.56. The van der Waals surface area contributed by atoms with Crippen LogP contribution in [0, 0.1) is 0 Å². The van der Waals surface area contributed by atoms with Crippen LogP contribution in [-0.2, 0) is 13.0 Å². The fourth-order valence-corrected chi connectivity index (χ4v) is 3.13. The van der Waals surface area contributed by atoms with Crippen LogP contribution in [-0.4, -0.2) is 15.0 Å². The van der Waals surface area contributed by atoms with Crippen molar-refractivity contribution < 1.29 is 0 Å². The van der Waals surface area contributed by atoms with Crippen LogP contribution < -0.4 is 5.32 Å². The highest BCUT2D eigenvalue weighted by molar-refractivity contribution is 5.54. The van der Waals surface area contributed by atoms with Crippen molar-refractivity contribution in [3.63, 3.8) is 0 Å². The molecule has 0 saturated heterocycles. The summed E-state index contributed by atoms with van der Waals surface area (Å²) >= 11 is 0. The molecule has 4 rings (SSSR count). The van der Waals surface area contributed by atoms with Gasteiger partial charge in [0.05, 0.1) is 23.6 Å². The number of nitrogens with one attached hydrogen (secondary N) is 2. The van der Waals surface area contributed by atoms with Gasteiger partial charge in [-0.25, -0.2) is 4.98 Å². The minimum Gasteiger partial charge on any atom is -0.341 e. The van der Waals surface area contributed by atoms with E-state index in [1.807, 2.05) is 54.9 Å². The third kappa shape index (κ3) is 4.49. The summed E-state index contributed by atoms with van der Waals surface area (Å²) in [4.78, 5) is 12.5. The van der Waals surface area contributed by atoms with E-state index in [-0.39, 0.29) is 6.04 Å². The SMILES string of the molecule is c1ccc(C[C@H](NCc2ccccn2)c2cnc(-c3ccccc3)[nH]2)cc1. The maximum Gasteiger partial charge on any atom is 0.137 e. The van der Waals surface area contributed by atoms with Crippen molar-refractivity contribution in [3.8, 4) is 11.4 Å². The molecule has 0 spiro atoms. The lowest BCUT2D eigenvalue weighted by atomic mass is 10.0. The van der Waals surface area contributed by atoms with E-state index in [0.29, 0.717) is 6.54 Å². The summed E-state index contributed by atoms with van der Waals surface area (Å²) in [5.41, 5.74) is 4.48. The first-order chi connectivity index (χ1) is 13.4. The Morgan fingerprint density at radius 1 is 0.815 bits per heavy atom. The smallest absolute Gasteiger partial charge is 0.137 e. The summed E-state index contributed by atoms with van der Waals surface area (Å²) in [5, 5.41) is 3.63. The van der Waals surface area contributed by atoms with Crippen molar-refractivity contribution in [1.29, 1.82) is 0 Å². The Morgan fingerprint density at radius 2 is 1.56 bits per heavy atom. The fraction of sp³-hybridized carbons (Fsp3) is 0.130. The molecule has 0 aliphatic carbocycles. The van der Waals surface area contributed by atoms with E-state index in [1.54, 1.807) is 0 Å². The van der Waals surface area contributed by atoms with Crippen LogP contribution in [0.3, 0.4) is 0 Å². The number of rotatable bonds is 7. The van der Waals surface area contributed by atoms with E-state index >= 15 is 0 Å². The number of nitrogens with zero attached hydrogens (tertiary/aromatic N) is 2. The van der Waals surface area contributed by atoms with Crippen LogP contribution in [0.15, 0.2) is 91.3 Å². The van der Waals surface area contributed by atoms with E-state index in [4.69, 9.17) is 0 Å². The van der Waals surface area contributed by atoms with Crippen LogP contribution in [0.2, 0.25) is 0 Å². The number of aromatic nitrogens is 3. The molecule has 1 atom stereocenters. The van der Waals surface area contributed by atoms with E-state index in [1.165, 1.54) is 5.56 Å². The molecule has 0 amide bonds. The number of hydrogen-bond acceptors (Lipinski definition) is 3. The molecule has 0 bridgehead atoms. The van der Waals surface area contributed by atoms with Crippen molar-refractivity contribution in [2.75, 3.05) is 0 Å². The highest BCUT2D eigenvalue weighted by atomic mass is 15.0. The highest BCUT2D eigenvalue weighted by Crippen LogP contribution is 2.21. The Balaban J connectivity index is 1.56. The number of imidazole rings is 1. The highest BCUT2D eigenvalue weighted by Gasteiger charge is 2.15. The fourth-order valence-electron chi connectivity index (χ4n) is 3.13. The van der Waals surface area contributed by atoms with Gasteiger partial charge < -0.3 is 10.3 Å². The normalized spacial score (nSPS) is 12.0. The van der Waals surface area contributed by atoms with Gasteiger partial charge in [-0.15, -0.1) is 0 Å². The molecule has 0 aliphatic rings. The van der Waals surface area contributed by atoms with Crippen LogP contribution in [0.5, 0.6) is 0 Å². The van der Waals surface area contributed by atoms with Gasteiger partial charge in [0.25, 0.3) is 0 Å². The van der Waals surface area contributed by atoms with Gasteiger partial charge in [-0.3, -0.25) is 4.98 Å². The van der Waals surface area contributed by atoms with E-state index in [0.717, 1.165) is 29.2 Å². The molecule has 27 heavy (non-hydrogen) atoms. The van der Waals surface area contributed by atoms with Crippen molar-refractivity contribution >= 4 is 0 Å². The second-order valence-corrected chi connectivity index (χ2v) is 6.50. The Morgan fingerprint density at radius 3 is 2.30 bits per heavy atom. The van der Waals surface area contributed by atoms with Gasteiger partial charge in [-0.2, -0.15) is 0 Å². The van der Waals surface area contributed by atoms with Gasteiger partial charge in [0, 0.05) is 18.3 Å². The van der Waals surface area contributed by atoms with Gasteiger partial charge in [-0.05, 0) is 24.1 Å². The topological polar surface area (TPSA) is 53.6 Å². The molecule has 4 heteroatoms. The molecule has 2 N–H and O–H groups in total. The van der Waals surface area contributed by atoms with E-state index in [2.05, 4.69) is 56.7 Å². The minimum absolute atomic E-state index is 0.124. The quantitative estimate of drug-likeness (QED) is 0.512. The number of H-pyrrole nitrogens is 1. The van der Waals surface area contributed by atoms with E-state index < -0.39 is 0 Å². The predicted molar refractivity (Wildman–Crippen MR) is 108 cm³/mol. The van der Waals surface area contributed by atoms with E-state index in [9.17, 15) is 0 Å². The average molecular weight is 354 g/mol. The van der Waals surface area contributed by atoms with Crippen LogP contribution in [0.1, 0.15) is 23.0 Å². The van der Waals surface area contributed by atoms with Gasteiger partial charge in [0.15, 0.2) is 0 Å². The van der Waals surface area contributed by atoms with Gasteiger partial charge in [0.1, 0.15) is 5.82 Å². The summed E-state index contributed by atoms with van der Waals surface area (Å²) in [7, 11) is 0. The second-order valence-electron chi connectivity index (χ2n) is 6.50. The lowest BCUT2D eigenvalue weighted by Crippen LogP contribution is -2.23. The summed E-state index contributed by atoms with van der Waals surface area (Å²) in [6.45, 7) is 0.706. The molecule has 2 aromatic heterocycles. The monoisotopic (exact) mass is 354 g/mol. The maximum absolute atomic E-state index is 4.59. The number of aromatic amines is 1. The molecule has 2 aromatic carbocycles. The first-order valence-electron chi connectivity index (χ1n) is 9.16. The Labute approximate surface area is 159 Å². The summed E-state index contributed by atoms with van der Waals surface area (Å²) in [5.74, 6) is 0.892. The standard InChI is InChI=1S/C23H22N4/c1-3-9-18(10-4-1)15-21(25-16-20-13-7-8-14-24-20)22-17-26-23(27-22)19-11-5-2-6-12-19/h1-14,17,21,25H,15-16H2,(H,26,27)/t21-/m0/s1. The first kappa shape index (κ1) is 17.2. The molecule has 0 fully saturated rings. The lowest BCUT2D eigenvalue weighted by Gasteiger charge is -2.17. The van der Waals surface area contributed by atoms with Crippen LogP contribution in [0.4, 0.5) is 0 Å². The summed E-state index contributed by atoms with van der Waals surface area (Å²) in [6, 6.07) is 26.8. The first-order valence-corrected chi connectivity index (χ1v) is 9.16.